The van der Waals surface area contributed by atoms with Crippen molar-refractivity contribution >= 4 is 28.2 Å². The van der Waals surface area contributed by atoms with Crippen LogP contribution in [0, 0.1) is 0 Å². The number of anilines is 1. The molecule has 0 amide bonds. The number of nitrogens with zero attached hydrogens (tertiary/aromatic N) is 2. The van der Waals surface area contributed by atoms with Gasteiger partial charge < -0.3 is 15.0 Å². The number of thiazole rings is 1. The molecule has 1 unspecified atom stereocenters. The molecule has 0 aliphatic rings. The summed E-state index contributed by atoms with van der Waals surface area (Å²) in [5, 5.41) is 5.15. The Labute approximate surface area is 118 Å². The highest BCUT2D eigenvalue weighted by Crippen LogP contribution is 2.30. The number of rotatable bonds is 8. The van der Waals surface area contributed by atoms with Crippen LogP contribution in [0.5, 0.6) is 5.88 Å². The van der Waals surface area contributed by atoms with Crippen LogP contribution in [0.1, 0.15) is 18.2 Å². The predicted molar refractivity (Wildman–Crippen MR) is 82.3 cm³/mol. The Balaban J connectivity index is 2.46. The minimum Gasteiger partial charge on any atom is -0.480 e. The van der Waals surface area contributed by atoms with Crippen LogP contribution < -0.4 is 15.0 Å². The standard InChI is InChI=1S/C12H23N3OS2/c1-9(17-5)6-7-13-8-10-11(16-4)14-12(18-10)15(2)3/h9,13H,6-8H2,1-5H3. The molecule has 0 spiro atoms. The van der Waals surface area contributed by atoms with E-state index in [0.29, 0.717) is 5.25 Å². The van der Waals surface area contributed by atoms with Gasteiger partial charge in [0.2, 0.25) is 5.88 Å². The Kier molecular flexibility index (Phi) is 6.81. The second-order valence-corrected chi connectivity index (χ2v) is 6.67. The average molecular weight is 289 g/mol. The van der Waals surface area contributed by atoms with E-state index in [4.69, 9.17) is 4.74 Å². The van der Waals surface area contributed by atoms with Crippen molar-refractivity contribution in [2.75, 3.05) is 38.9 Å². The molecule has 104 valence electrons. The first-order valence-corrected chi connectivity index (χ1v) is 8.13. The van der Waals surface area contributed by atoms with Gasteiger partial charge in [0.25, 0.3) is 0 Å². The lowest BCUT2D eigenvalue weighted by Gasteiger charge is -2.08. The van der Waals surface area contributed by atoms with Gasteiger partial charge in [0.05, 0.1) is 12.0 Å². The monoisotopic (exact) mass is 289 g/mol. The summed E-state index contributed by atoms with van der Waals surface area (Å²) >= 11 is 3.58. The molecule has 1 aromatic heterocycles. The van der Waals surface area contributed by atoms with Crippen LogP contribution in [0.25, 0.3) is 0 Å². The van der Waals surface area contributed by atoms with E-state index < -0.39 is 0 Å². The molecule has 0 aliphatic heterocycles. The van der Waals surface area contributed by atoms with Crippen molar-refractivity contribution in [2.45, 2.75) is 25.1 Å². The SMILES string of the molecule is COc1nc(N(C)C)sc1CNCCC(C)SC. The van der Waals surface area contributed by atoms with E-state index in [1.54, 1.807) is 18.4 Å². The normalized spacial score (nSPS) is 12.5. The fourth-order valence-corrected chi connectivity index (χ4v) is 2.69. The second-order valence-electron chi connectivity index (χ2n) is 4.34. The molecule has 0 aromatic carbocycles. The van der Waals surface area contributed by atoms with Crippen LogP contribution in [-0.2, 0) is 6.54 Å². The Morgan fingerprint density at radius 1 is 1.50 bits per heavy atom. The molecule has 18 heavy (non-hydrogen) atoms. The first-order valence-electron chi connectivity index (χ1n) is 6.03. The minimum absolute atomic E-state index is 0.707. The van der Waals surface area contributed by atoms with Gasteiger partial charge in [-0.1, -0.05) is 18.3 Å². The van der Waals surface area contributed by atoms with E-state index in [1.165, 1.54) is 6.42 Å². The molecular formula is C12H23N3OS2. The van der Waals surface area contributed by atoms with E-state index in [2.05, 4.69) is 23.5 Å². The van der Waals surface area contributed by atoms with Gasteiger partial charge in [-0.2, -0.15) is 16.7 Å². The Hall–Kier alpha value is -0.460. The molecule has 1 aromatic rings. The van der Waals surface area contributed by atoms with Gasteiger partial charge >= 0.3 is 0 Å². The molecule has 0 radical (unpaired) electrons. The fourth-order valence-electron chi connectivity index (χ4n) is 1.41. The highest BCUT2D eigenvalue weighted by atomic mass is 32.2. The van der Waals surface area contributed by atoms with Gasteiger partial charge in [-0.3, -0.25) is 0 Å². The van der Waals surface area contributed by atoms with Crippen molar-refractivity contribution in [3.63, 3.8) is 0 Å². The van der Waals surface area contributed by atoms with Gasteiger partial charge in [-0.25, -0.2) is 0 Å². The Bertz CT molecular complexity index is 355. The van der Waals surface area contributed by atoms with Crippen molar-refractivity contribution in [1.82, 2.24) is 10.3 Å². The van der Waals surface area contributed by atoms with E-state index in [1.807, 2.05) is 30.8 Å². The van der Waals surface area contributed by atoms with Crippen LogP contribution in [0.4, 0.5) is 5.13 Å². The third kappa shape index (κ3) is 4.66. The van der Waals surface area contributed by atoms with Crippen LogP contribution in [0.2, 0.25) is 0 Å². The summed E-state index contributed by atoms with van der Waals surface area (Å²) in [4.78, 5) is 7.61. The van der Waals surface area contributed by atoms with Crippen molar-refractivity contribution in [3.8, 4) is 5.88 Å². The number of hydrogen-bond acceptors (Lipinski definition) is 6. The first-order chi connectivity index (χ1) is 8.58. The molecule has 6 heteroatoms. The smallest absolute Gasteiger partial charge is 0.230 e. The molecule has 0 fully saturated rings. The molecule has 1 N–H and O–H groups in total. The minimum atomic E-state index is 0.707. The summed E-state index contributed by atoms with van der Waals surface area (Å²) in [6, 6.07) is 0. The van der Waals surface area contributed by atoms with E-state index in [-0.39, 0.29) is 0 Å². The highest BCUT2D eigenvalue weighted by Gasteiger charge is 2.12. The number of hydrogen-bond donors (Lipinski definition) is 1. The summed E-state index contributed by atoms with van der Waals surface area (Å²) in [7, 11) is 5.67. The largest absolute Gasteiger partial charge is 0.480 e. The summed E-state index contributed by atoms with van der Waals surface area (Å²) < 4.78 is 5.30. The van der Waals surface area contributed by atoms with Gasteiger partial charge in [0, 0.05) is 25.9 Å². The molecule has 1 atom stereocenters. The maximum atomic E-state index is 5.30. The lowest BCUT2D eigenvalue weighted by molar-refractivity contribution is 0.394. The lowest BCUT2D eigenvalue weighted by Crippen LogP contribution is -2.17. The van der Waals surface area contributed by atoms with Gasteiger partial charge in [-0.15, -0.1) is 0 Å². The molecular weight excluding hydrogens is 266 g/mol. The fraction of sp³-hybridized carbons (Fsp3) is 0.750. The van der Waals surface area contributed by atoms with Gasteiger partial charge in [0.1, 0.15) is 0 Å². The lowest BCUT2D eigenvalue weighted by atomic mass is 10.3. The van der Waals surface area contributed by atoms with E-state index >= 15 is 0 Å². The second kappa shape index (κ2) is 7.86. The van der Waals surface area contributed by atoms with Crippen molar-refractivity contribution in [3.05, 3.63) is 4.88 Å². The maximum absolute atomic E-state index is 5.30. The van der Waals surface area contributed by atoms with Crippen molar-refractivity contribution in [2.24, 2.45) is 0 Å². The zero-order valence-corrected chi connectivity index (χ0v) is 13.5. The van der Waals surface area contributed by atoms with Gasteiger partial charge in [0.15, 0.2) is 5.13 Å². The number of nitrogens with one attached hydrogen (secondary N) is 1. The van der Waals surface area contributed by atoms with Crippen LogP contribution in [0.3, 0.4) is 0 Å². The van der Waals surface area contributed by atoms with E-state index in [0.717, 1.165) is 29.0 Å². The molecule has 0 saturated heterocycles. The molecule has 1 rings (SSSR count). The number of methoxy groups -OCH3 is 1. The molecule has 0 saturated carbocycles. The molecule has 0 aliphatic carbocycles. The zero-order valence-electron chi connectivity index (χ0n) is 11.8. The van der Waals surface area contributed by atoms with E-state index in [9.17, 15) is 0 Å². The average Bonchev–Trinajstić information content (AvgIpc) is 2.77. The summed E-state index contributed by atoms with van der Waals surface area (Å²) in [6.07, 6.45) is 3.34. The summed E-state index contributed by atoms with van der Waals surface area (Å²) in [6.45, 7) is 4.11. The highest BCUT2D eigenvalue weighted by molar-refractivity contribution is 7.99. The first kappa shape index (κ1) is 15.6. The topological polar surface area (TPSA) is 37.4 Å². The van der Waals surface area contributed by atoms with Gasteiger partial charge in [-0.05, 0) is 19.2 Å². The summed E-state index contributed by atoms with van der Waals surface area (Å²) in [5.41, 5.74) is 0. The molecule has 0 bridgehead atoms. The summed E-state index contributed by atoms with van der Waals surface area (Å²) in [5.74, 6) is 0.745. The maximum Gasteiger partial charge on any atom is 0.230 e. The van der Waals surface area contributed by atoms with Crippen molar-refractivity contribution < 1.29 is 4.74 Å². The Morgan fingerprint density at radius 3 is 2.78 bits per heavy atom. The third-order valence-corrected chi connectivity index (χ3v) is 4.89. The predicted octanol–water partition coefficient (Wildman–Crippen LogP) is 2.45. The Morgan fingerprint density at radius 2 is 2.22 bits per heavy atom. The van der Waals surface area contributed by atoms with Crippen LogP contribution in [0.15, 0.2) is 0 Å². The number of aromatic nitrogens is 1. The number of thioether (sulfide) groups is 1. The van der Waals surface area contributed by atoms with Crippen LogP contribution >= 0.6 is 23.1 Å². The third-order valence-electron chi connectivity index (χ3n) is 2.64. The zero-order chi connectivity index (χ0) is 13.5. The van der Waals surface area contributed by atoms with Crippen LogP contribution in [-0.4, -0.2) is 44.2 Å². The number of ether oxygens (including phenoxy) is 1. The van der Waals surface area contributed by atoms with Crippen molar-refractivity contribution in [1.29, 1.82) is 0 Å². The quantitative estimate of drug-likeness (QED) is 0.744. The molecule has 4 nitrogen and oxygen atoms in total. The molecule has 1 heterocycles.